The summed E-state index contributed by atoms with van der Waals surface area (Å²) >= 11 is 3.38. The Morgan fingerprint density at radius 1 is 0.931 bits per heavy atom. The molecule has 0 aliphatic heterocycles. The van der Waals surface area contributed by atoms with E-state index in [4.69, 9.17) is 4.74 Å². The molecule has 0 radical (unpaired) electrons. The first-order valence-electron chi connectivity index (χ1n) is 8.85. The maximum absolute atomic E-state index is 12.9. The first-order valence-corrected chi connectivity index (χ1v) is 9.64. The highest BCUT2D eigenvalue weighted by molar-refractivity contribution is 9.10. The molecule has 0 saturated carbocycles. The summed E-state index contributed by atoms with van der Waals surface area (Å²) in [6.45, 7) is 0. The third-order valence-electron chi connectivity index (χ3n) is 4.05. The largest absolute Gasteiger partial charge is 0.496 e. The van der Waals surface area contributed by atoms with E-state index in [1.807, 2.05) is 30.3 Å². The monoisotopic (exact) mass is 450 g/mol. The zero-order valence-electron chi connectivity index (χ0n) is 15.7. The van der Waals surface area contributed by atoms with Crippen LogP contribution in [0.4, 0.5) is 5.69 Å². The zero-order chi connectivity index (χ0) is 20.6. The Bertz CT molecular complexity index is 1050. The summed E-state index contributed by atoms with van der Waals surface area (Å²) < 4.78 is 6.19. The van der Waals surface area contributed by atoms with Crippen molar-refractivity contribution in [3.63, 3.8) is 0 Å². The highest BCUT2D eigenvalue weighted by Gasteiger charge is 2.16. The lowest BCUT2D eigenvalue weighted by molar-refractivity contribution is -0.113. The predicted octanol–water partition coefficient (Wildman–Crippen LogP) is 4.87. The lowest BCUT2D eigenvalue weighted by Crippen LogP contribution is -2.30. The van der Waals surface area contributed by atoms with Crippen LogP contribution in [0.15, 0.2) is 89.0 Å². The van der Waals surface area contributed by atoms with Crippen LogP contribution in [-0.4, -0.2) is 18.9 Å². The van der Waals surface area contributed by atoms with Crippen LogP contribution in [0.25, 0.3) is 6.08 Å². The topological polar surface area (TPSA) is 67.4 Å². The zero-order valence-corrected chi connectivity index (χ0v) is 17.3. The van der Waals surface area contributed by atoms with E-state index < -0.39 is 5.91 Å². The van der Waals surface area contributed by atoms with Gasteiger partial charge in [-0.2, -0.15) is 0 Å². The molecule has 2 amide bonds. The van der Waals surface area contributed by atoms with Crippen LogP contribution < -0.4 is 15.4 Å². The van der Waals surface area contributed by atoms with Crippen molar-refractivity contribution in [1.82, 2.24) is 5.32 Å². The van der Waals surface area contributed by atoms with Crippen LogP contribution in [0.2, 0.25) is 0 Å². The van der Waals surface area contributed by atoms with Crippen molar-refractivity contribution in [3.05, 3.63) is 100 Å². The van der Waals surface area contributed by atoms with Gasteiger partial charge < -0.3 is 15.4 Å². The summed E-state index contributed by atoms with van der Waals surface area (Å²) in [7, 11) is 1.55. The summed E-state index contributed by atoms with van der Waals surface area (Å²) in [6, 6.07) is 23.2. The minimum atomic E-state index is -0.446. The van der Waals surface area contributed by atoms with Gasteiger partial charge in [0.05, 0.1) is 7.11 Å². The molecule has 5 nitrogen and oxygen atoms in total. The molecular formula is C23H19BrN2O3. The van der Waals surface area contributed by atoms with E-state index in [0.29, 0.717) is 22.6 Å². The van der Waals surface area contributed by atoms with Crippen LogP contribution in [0.3, 0.4) is 0 Å². The summed E-state index contributed by atoms with van der Waals surface area (Å²) in [5.74, 6) is -0.233. The van der Waals surface area contributed by atoms with Gasteiger partial charge in [-0.05, 0) is 42.5 Å². The van der Waals surface area contributed by atoms with Crippen molar-refractivity contribution in [2.24, 2.45) is 0 Å². The maximum atomic E-state index is 12.9. The van der Waals surface area contributed by atoms with Gasteiger partial charge in [0.15, 0.2) is 0 Å². The fourth-order valence-electron chi connectivity index (χ4n) is 2.65. The maximum Gasteiger partial charge on any atom is 0.272 e. The van der Waals surface area contributed by atoms with Crippen molar-refractivity contribution in [2.45, 2.75) is 0 Å². The van der Waals surface area contributed by atoms with Gasteiger partial charge in [0.1, 0.15) is 11.4 Å². The second-order valence-electron chi connectivity index (χ2n) is 6.08. The van der Waals surface area contributed by atoms with Gasteiger partial charge in [0, 0.05) is 21.3 Å². The number of hydrogen-bond acceptors (Lipinski definition) is 3. The molecule has 0 saturated heterocycles. The fraction of sp³-hybridized carbons (Fsp3) is 0.0435. The number of methoxy groups -OCH3 is 1. The molecule has 29 heavy (non-hydrogen) atoms. The number of rotatable bonds is 6. The number of amides is 2. The van der Waals surface area contributed by atoms with E-state index >= 15 is 0 Å². The lowest BCUT2D eigenvalue weighted by atomic mass is 10.1. The number of nitrogens with one attached hydrogen (secondary N) is 2. The first-order chi connectivity index (χ1) is 14.1. The normalized spacial score (nSPS) is 10.9. The molecule has 0 unspecified atom stereocenters. The van der Waals surface area contributed by atoms with E-state index in [2.05, 4.69) is 26.6 Å². The van der Waals surface area contributed by atoms with E-state index in [1.165, 1.54) is 0 Å². The Morgan fingerprint density at radius 2 is 1.66 bits per heavy atom. The van der Waals surface area contributed by atoms with E-state index in [9.17, 15) is 9.59 Å². The molecule has 0 aromatic heterocycles. The SMILES string of the molecule is COc1ccccc1C=C(NC(=O)c1ccccc1)C(=O)Nc1cccc(Br)c1. The molecule has 0 bridgehead atoms. The van der Waals surface area contributed by atoms with Crippen molar-refractivity contribution in [1.29, 1.82) is 0 Å². The molecule has 0 heterocycles. The number of hydrogen-bond donors (Lipinski definition) is 2. The van der Waals surface area contributed by atoms with Gasteiger partial charge in [-0.15, -0.1) is 0 Å². The highest BCUT2D eigenvalue weighted by atomic mass is 79.9. The van der Waals surface area contributed by atoms with E-state index in [-0.39, 0.29) is 11.6 Å². The predicted molar refractivity (Wildman–Crippen MR) is 118 cm³/mol. The quantitative estimate of drug-likeness (QED) is 0.526. The lowest BCUT2D eigenvalue weighted by Gasteiger charge is -2.12. The number of carbonyl (C=O) groups excluding carboxylic acids is 2. The molecule has 3 aromatic rings. The summed E-state index contributed by atoms with van der Waals surface area (Å²) in [5, 5.41) is 5.52. The van der Waals surface area contributed by atoms with Crippen LogP contribution in [0.5, 0.6) is 5.75 Å². The number of carbonyl (C=O) groups is 2. The molecule has 0 atom stereocenters. The molecular weight excluding hydrogens is 432 g/mol. The second kappa shape index (κ2) is 9.71. The Morgan fingerprint density at radius 3 is 2.38 bits per heavy atom. The molecule has 0 aliphatic carbocycles. The average molecular weight is 451 g/mol. The Hall–Kier alpha value is -3.38. The van der Waals surface area contributed by atoms with Gasteiger partial charge in [-0.25, -0.2) is 0 Å². The minimum absolute atomic E-state index is 0.100. The molecule has 0 spiro atoms. The summed E-state index contributed by atoms with van der Waals surface area (Å²) in [5.41, 5.74) is 1.82. The molecule has 3 aromatic carbocycles. The molecule has 6 heteroatoms. The number of halogens is 1. The third-order valence-corrected chi connectivity index (χ3v) is 4.54. The van der Waals surface area contributed by atoms with Crippen LogP contribution >= 0.6 is 15.9 Å². The van der Waals surface area contributed by atoms with Gasteiger partial charge in [0.2, 0.25) is 0 Å². The van der Waals surface area contributed by atoms with Gasteiger partial charge >= 0.3 is 0 Å². The van der Waals surface area contributed by atoms with Crippen molar-refractivity contribution >= 4 is 39.5 Å². The van der Waals surface area contributed by atoms with E-state index in [1.54, 1.807) is 61.7 Å². The van der Waals surface area contributed by atoms with Crippen molar-refractivity contribution < 1.29 is 14.3 Å². The summed E-state index contributed by atoms with van der Waals surface area (Å²) in [4.78, 5) is 25.6. The van der Waals surface area contributed by atoms with E-state index in [0.717, 1.165) is 4.47 Å². The van der Waals surface area contributed by atoms with Crippen LogP contribution in [0, 0.1) is 0 Å². The molecule has 0 aliphatic rings. The number of anilines is 1. The van der Waals surface area contributed by atoms with Gasteiger partial charge in [-0.1, -0.05) is 58.4 Å². The highest BCUT2D eigenvalue weighted by Crippen LogP contribution is 2.21. The molecule has 0 fully saturated rings. The number of benzene rings is 3. The van der Waals surface area contributed by atoms with Crippen molar-refractivity contribution in [3.8, 4) is 5.75 Å². The van der Waals surface area contributed by atoms with Crippen LogP contribution in [-0.2, 0) is 4.79 Å². The number of ether oxygens (including phenoxy) is 1. The average Bonchev–Trinajstić information content (AvgIpc) is 2.74. The van der Waals surface area contributed by atoms with Gasteiger partial charge in [0.25, 0.3) is 11.8 Å². The first kappa shape index (κ1) is 20.4. The second-order valence-corrected chi connectivity index (χ2v) is 7.00. The fourth-order valence-corrected chi connectivity index (χ4v) is 3.05. The summed E-state index contributed by atoms with van der Waals surface area (Å²) in [6.07, 6.45) is 1.59. The Labute approximate surface area is 177 Å². The minimum Gasteiger partial charge on any atom is -0.496 e. The smallest absolute Gasteiger partial charge is 0.272 e. The molecule has 146 valence electrons. The van der Waals surface area contributed by atoms with Crippen LogP contribution in [0.1, 0.15) is 15.9 Å². The standard InChI is InChI=1S/C23H19BrN2O3/c1-29-21-13-6-5-10-17(21)14-20(26-22(27)16-8-3-2-4-9-16)23(28)25-19-12-7-11-18(24)15-19/h2-15H,1H3,(H,25,28)(H,26,27). The Balaban J connectivity index is 1.93. The Kier molecular flexibility index (Phi) is 6.81. The van der Waals surface area contributed by atoms with Gasteiger partial charge in [-0.3, -0.25) is 9.59 Å². The number of para-hydroxylation sites is 1. The van der Waals surface area contributed by atoms with Crippen molar-refractivity contribution in [2.75, 3.05) is 12.4 Å². The molecule has 2 N–H and O–H groups in total. The third kappa shape index (κ3) is 5.56. The molecule has 3 rings (SSSR count).